The molecule has 8 nitrogen and oxygen atoms in total. The molecule has 0 aliphatic rings. The Kier molecular flexibility index (Phi) is 431. The van der Waals surface area contributed by atoms with Crippen molar-refractivity contribution in [2.75, 3.05) is 0 Å². The third-order valence-electron chi connectivity index (χ3n) is 0. The molecule has 0 aromatic carbocycles. The van der Waals surface area contributed by atoms with E-state index in [0.717, 1.165) is 12.2 Å². The zero-order valence-electron chi connectivity index (χ0n) is 6.23. The van der Waals surface area contributed by atoms with Gasteiger partial charge in [0.1, 0.15) is 0 Å². The van der Waals surface area contributed by atoms with Crippen molar-refractivity contribution in [3.63, 3.8) is 0 Å². The minimum Gasteiger partial charge on any atom is -0.724 e. The van der Waals surface area contributed by atoms with Crippen LogP contribution in [-0.2, 0) is 38.7 Å². The van der Waals surface area contributed by atoms with Crippen LogP contribution in [0, 0.1) is 10.8 Å². The molecule has 0 aliphatic carbocycles. The molecule has 9 heteroatoms. The minimum absolute atomic E-state index is 0. The molecule has 0 aliphatic heterocycles. The van der Waals surface area contributed by atoms with Crippen LogP contribution in [0.5, 0.6) is 0 Å². The first-order valence-corrected chi connectivity index (χ1v) is 1.76. The summed E-state index contributed by atoms with van der Waals surface area (Å²) in [7, 11) is 0. The van der Waals surface area contributed by atoms with Gasteiger partial charge in [-0.1, -0.05) is 0 Å². The molecule has 0 saturated heterocycles. The fourth-order valence-corrected chi connectivity index (χ4v) is 0. The molecule has 0 amide bonds. The summed E-state index contributed by atoms with van der Waals surface area (Å²) in [6.07, 6.45) is 2.50. The first-order chi connectivity index (χ1) is 5.66. The van der Waals surface area contributed by atoms with E-state index in [1.165, 1.54) is 0 Å². The SMILES string of the molecule is N=C=O.N=C=O.[N-]=C=O.[N-]=C=O.[Zn+2]. The number of hydrogen-bond acceptors (Lipinski definition) is 6. The predicted octanol–water partition coefficient (Wildman–Crippen LogP) is -0.417. The zero-order chi connectivity index (χ0) is 10.8. The Balaban J connectivity index is -0.0000000213. The number of isocyanates is 4. The van der Waals surface area contributed by atoms with Crippen molar-refractivity contribution in [1.82, 2.24) is 0 Å². The van der Waals surface area contributed by atoms with Crippen LogP contribution in [0.15, 0.2) is 0 Å². The van der Waals surface area contributed by atoms with Crippen molar-refractivity contribution in [1.29, 1.82) is 10.8 Å². The second kappa shape index (κ2) is 185. The molecule has 0 spiro atoms. The van der Waals surface area contributed by atoms with Gasteiger partial charge in [-0.05, 0) is 12.2 Å². The summed E-state index contributed by atoms with van der Waals surface area (Å²) in [5, 5.41) is 24.3. The minimum atomic E-state index is 0. The van der Waals surface area contributed by atoms with Gasteiger partial charge >= 0.3 is 19.5 Å². The number of nitrogens with one attached hydrogen (secondary N) is 2. The van der Waals surface area contributed by atoms with Gasteiger partial charge < -0.3 is 10.8 Å². The topological polar surface area (TPSA) is 161 Å². The standard InChI is InChI=1S/2CHNO.2CNO.Zn/c4*2-1-3;/h2*2H;;;/q;;2*-1;+2. The van der Waals surface area contributed by atoms with E-state index in [9.17, 15) is 0 Å². The van der Waals surface area contributed by atoms with E-state index in [0.29, 0.717) is 12.2 Å². The van der Waals surface area contributed by atoms with Gasteiger partial charge in [0.25, 0.3) is 0 Å². The van der Waals surface area contributed by atoms with Gasteiger partial charge in [0.05, 0.1) is 0 Å². The maximum absolute atomic E-state index is 8.35. The van der Waals surface area contributed by atoms with Crippen LogP contribution in [0.4, 0.5) is 0 Å². The van der Waals surface area contributed by atoms with Crippen LogP contribution in [0.1, 0.15) is 0 Å². The second-order valence-corrected chi connectivity index (χ2v) is 0.387. The number of nitrogens with zero attached hydrogens (tertiary/aromatic N) is 2. The summed E-state index contributed by atoms with van der Waals surface area (Å²) in [6, 6.07) is 0. The predicted molar refractivity (Wildman–Crippen MR) is 34.9 cm³/mol. The summed E-state index contributed by atoms with van der Waals surface area (Å²) in [5.41, 5.74) is 0. The Morgan fingerprint density at radius 3 is 0.769 bits per heavy atom. The molecule has 0 saturated carbocycles. The van der Waals surface area contributed by atoms with Gasteiger partial charge in [0.2, 0.25) is 12.2 Å². The number of carbonyl (C=O) groups excluding carboxylic acids is 4. The van der Waals surface area contributed by atoms with E-state index in [1.807, 2.05) is 0 Å². The molecule has 0 atom stereocenters. The van der Waals surface area contributed by atoms with Crippen LogP contribution in [-0.4, -0.2) is 24.3 Å². The maximum atomic E-state index is 8.35. The second-order valence-electron chi connectivity index (χ2n) is 0.387. The first-order valence-electron chi connectivity index (χ1n) is 1.76. The Hall–Kier alpha value is -1.86. The summed E-state index contributed by atoms with van der Waals surface area (Å²) in [4.78, 5) is 33.2. The first kappa shape index (κ1) is 30.4. The van der Waals surface area contributed by atoms with Gasteiger partial charge in [-0.15, -0.1) is 0 Å². The summed E-state index contributed by atoms with van der Waals surface area (Å²) in [6.45, 7) is 0. The summed E-state index contributed by atoms with van der Waals surface area (Å²) in [5.74, 6) is 0. The molecule has 2 N–H and O–H groups in total. The molecule has 13 heavy (non-hydrogen) atoms. The van der Waals surface area contributed by atoms with Gasteiger partial charge in [-0.2, -0.15) is 0 Å². The Morgan fingerprint density at radius 2 is 0.769 bits per heavy atom. The molecule has 0 bridgehead atoms. The fourth-order valence-electron chi connectivity index (χ4n) is 0. The van der Waals surface area contributed by atoms with E-state index in [-0.39, 0.29) is 19.5 Å². The molecule has 64 valence electrons. The van der Waals surface area contributed by atoms with E-state index in [2.05, 4.69) is 0 Å². The molecular formula is C4H2N4O4Zn. The van der Waals surface area contributed by atoms with Crippen molar-refractivity contribution in [3.8, 4) is 0 Å². The monoisotopic (exact) mass is 234 g/mol. The molecule has 0 fully saturated rings. The van der Waals surface area contributed by atoms with Crippen molar-refractivity contribution in [2.24, 2.45) is 0 Å². The number of rotatable bonds is 0. The zero-order valence-corrected chi connectivity index (χ0v) is 9.20. The van der Waals surface area contributed by atoms with Gasteiger partial charge in [0, 0.05) is 0 Å². The Labute approximate surface area is 85.1 Å². The molecule has 0 heterocycles. The van der Waals surface area contributed by atoms with Gasteiger partial charge in [-0.3, -0.25) is 9.59 Å². The molecule has 0 unspecified atom stereocenters. The van der Waals surface area contributed by atoms with Crippen LogP contribution >= 0.6 is 0 Å². The van der Waals surface area contributed by atoms with E-state index in [4.69, 9.17) is 40.8 Å². The number of hydrogen-bond donors (Lipinski definition) is 2. The molecular weight excluding hydrogens is 233 g/mol. The van der Waals surface area contributed by atoms with Crippen molar-refractivity contribution in [3.05, 3.63) is 10.8 Å². The largest absolute Gasteiger partial charge is 2.00 e. The van der Waals surface area contributed by atoms with Crippen LogP contribution in [0.25, 0.3) is 10.8 Å². The average molecular weight is 235 g/mol. The normalized spacial score (nSPS) is 2.46. The van der Waals surface area contributed by atoms with Crippen molar-refractivity contribution >= 4 is 24.3 Å². The average Bonchev–Trinajstić information content (AvgIpc) is 1.92. The quantitative estimate of drug-likeness (QED) is 0.331. The van der Waals surface area contributed by atoms with Crippen molar-refractivity contribution < 1.29 is 38.7 Å². The van der Waals surface area contributed by atoms with Gasteiger partial charge in [-0.25, -0.2) is 20.4 Å². The third-order valence-corrected chi connectivity index (χ3v) is 0. The summed E-state index contributed by atoms with van der Waals surface area (Å²) < 4.78 is 0. The van der Waals surface area contributed by atoms with Gasteiger partial charge in [0.15, 0.2) is 0 Å². The fraction of sp³-hybridized carbons (Fsp3) is 0. The van der Waals surface area contributed by atoms with E-state index < -0.39 is 0 Å². The molecule has 0 rings (SSSR count). The third kappa shape index (κ3) is 195. The molecule has 0 aromatic heterocycles. The van der Waals surface area contributed by atoms with E-state index in [1.54, 1.807) is 0 Å². The van der Waals surface area contributed by atoms with Crippen LogP contribution < -0.4 is 0 Å². The van der Waals surface area contributed by atoms with Crippen molar-refractivity contribution in [2.45, 2.75) is 0 Å². The molecule has 0 radical (unpaired) electrons. The Bertz CT molecular complexity index is 156. The summed E-state index contributed by atoms with van der Waals surface area (Å²) >= 11 is 0. The Morgan fingerprint density at radius 1 is 0.769 bits per heavy atom. The smallest absolute Gasteiger partial charge is 0.724 e. The van der Waals surface area contributed by atoms with Crippen LogP contribution in [0.2, 0.25) is 0 Å². The van der Waals surface area contributed by atoms with Crippen LogP contribution in [0.3, 0.4) is 0 Å². The molecule has 0 aromatic rings. The maximum Gasteiger partial charge on any atom is 2.00 e. The van der Waals surface area contributed by atoms with E-state index >= 15 is 0 Å².